The van der Waals surface area contributed by atoms with Crippen molar-refractivity contribution in [1.82, 2.24) is 9.47 Å². The molecule has 1 atom stereocenters. The van der Waals surface area contributed by atoms with E-state index in [1.807, 2.05) is 23.1 Å². The van der Waals surface area contributed by atoms with E-state index in [0.717, 1.165) is 39.6 Å². The monoisotopic (exact) mass is 424 g/mol. The molecule has 0 N–H and O–H groups in total. The van der Waals surface area contributed by atoms with Crippen LogP contribution in [0.4, 0.5) is 0 Å². The Kier molecular flexibility index (Phi) is 3.94. The predicted octanol–water partition coefficient (Wildman–Crippen LogP) is 4.50. The van der Waals surface area contributed by atoms with Crippen molar-refractivity contribution in [1.29, 1.82) is 0 Å². The van der Waals surface area contributed by atoms with Gasteiger partial charge in [-0.3, -0.25) is 4.79 Å². The number of hydrogen-bond acceptors (Lipinski definition) is 3. The lowest BCUT2D eigenvalue weighted by molar-refractivity contribution is 0.0661. The molecule has 6 rings (SSSR count). The van der Waals surface area contributed by atoms with Gasteiger partial charge in [-0.05, 0) is 47.4 Å². The number of amides is 1. The van der Waals surface area contributed by atoms with Crippen LogP contribution >= 0.6 is 0 Å². The SMILES string of the molecule is COc1cc2c(cc1OC)[C@]1(c3cn(C)c4ccccc34)c3ccccc3C(=O)N1CC2. The zero-order valence-corrected chi connectivity index (χ0v) is 18.4. The number of aryl methyl sites for hydroxylation is 1. The van der Waals surface area contributed by atoms with Crippen LogP contribution in [-0.4, -0.2) is 36.1 Å². The molecule has 0 radical (unpaired) electrons. The fourth-order valence-electron chi connectivity index (χ4n) is 5.75. The lowest BCUT2D eigenvalue weighted by Crippen LogP contribution is -2.50. The summed E-state index contributed by atoms with van der Waals surface area (Å²) in [5.41, 5.74) is 5.58. The molecule has 0 aliphatic carbocycles. The van der Waals surface area contributed by atoms with E-state index in [1.165, 1.54) is 5.56 Å². The Bertz CT molecular complexity index is 1400. The molecule has 1 amide bonds. The van der Waals surface area contributed by atoms with Gasteiger partial charge in [-0.1, -0.05) is 36.4 Å². The number of para-hydroxylation sites is 1. The molecule has 0 saturated heterocycles. The van der Waals surface area contributed by atoms with Crippen molar-refractivity contribution >= 4 is 16.8 Å². The lowest BCUT2D eigenvalue weighted by Gasteiger charge is -2.44. The predicted molar refractivity (Wildman–Crippen MR) is 124 cm³/mol. The van der Waals surface area contributed by atoms with Gasteiger partial charge in [0.1, 0.15) is 5.54 Å². The molecular weight excluding hydrogens is 400 g/mol. The number of carbonyl (C=O) groups is 1. The van der Waals surface area contributed by atoms with Crippen LogP contribution in [0.25, 0.3) is 10.9 Å². The van der Waals surface area contributed by atoms with Crippen molar-refractivity contribution in [2.45, 2.75) is 12.0 Å². The van der Waals surface area contributed by atoms with Crippen LogP contribution in [0.3, 0.4) is 0 Å². The fourth-order valence-corrected chi connectivity index (χ4v) is 5.75. The van der Waals surface area contributed by atoms with Gasteiger partial charge in [-0.15, -0.1) is 0 Å². The molecular formula is C27H24N2O3. The molecule has 0 bridgehead atoms. The smallest absolute Gasteiger partial charge is 0.255 e. The van der Waals surface area contributed by atoms with Gasteiger partial charge in [0.15, 0.2) is 11.5 Å². The lowest BCUT2D eigenvalue weighted by atomic mass is 9.72. The summed E-state index contributed by atoms with van der Waals surface area (Å²) in [6.07, 6.45) is 2.95. The Morgan fingerprint density at radius 2 is 1.59 bits per heavy atom. The van der Waals surface area contributed by atoms with Crippen LogP contribution in [0.2, 0.25) is 0 Å². The Morgan fingerprint density at radius 1 is 0.875 bits per heavy atom. The molecule has 1 aromatic heterocycles. The van der Waals surface area contributed by atoms with Crippen LogP contribution in [0.5, 0.6) is 11.5 Å². The summed E-state index contributed by atoms with van der Waals surface area (Å²) in [6, 6.07) is 20.6. The molecule has 3 heterocycles. The van der Waals surface area contributed by atoms with E-state index >= 15 is 0 Å². The minimum Gasteiger partial charge on any atom is -0.493 e. The Labute approximate surface area is 186 Å². The summed E-state index contributed by atoms with van der Waals surface area (Å²) >= 11 is 0. The summed E-state index contributed by atoms with van der Waals surface area (Å²) in [7, 11) is 5.38. The third-order valence-electron chi connectivity index (χ3n) is 7.09. The Balaban J connectivity index is 1.79. The number of benzene rings is 3. The summed E-state index contributed by atoms with van der Waals surface area (Å²) in [6.45, 7) is 0.638. The zero-order chi connectivity index (χ0) is 22.0. The van der Waals surface area contributed by atoms with Crippen molar-refractivity contribution in [3.63, 3.8) is 0 Å². The minimum absolute atomic E-state index is 0.0777. The maximum absolute atomic E-state index is 13.7. The third kappa shape index (κ3) is 2.20. The van der Waals surface area contributed by atoms with Crippen LogP contribution in [0.1, 0.15) is 32.6 Å². The van der Waals surface area contributed by atoms with Crippen molar-refractivity contribution in [2.75, 3.05) is 20.8 Å². The first-order valence-electron chi connectivity index (χ1n) is 10.8. The second kappa shape index (κ2) is 6.63. The van der Waals surface area contributed by atoms with Gasteiger partial charge in [-0.2, -0.15) is 0 Å². The zero-order valence-electron chi connectivity index (χ0n) is 18.4. The summed E-state index contributed by atoms with van der Waals surface area (Å²) in [4.78, 5) is 15.8. The largest absolute Gasteiger partial charge is 0.493 e. The van der Waals surface area contributed by atoms with E-state index in [1.54, 1.807) is 14.2 Å². The third-order valence-corrected chi connectivity index (χ3v) is 7.09. The second-order valence-corrected chi connectivity index (χ2v) is 8.50. The number of carbonyl (C=O) groups excluding carboxylic acids is 1. The van der Waals surface area contributed by atoms with Gasteiger partial charge in [0.05, 0.1) is 14.2 Å². The molecule has 3 aromatic carbocycles. The number of nitrogens with zero attached hydrogens (tertiary/aromatic N) is 2. The van der Waals surface area contributed by atoms with E-state index in [2.05, 4.69) is 60.3 Å². The standard InChI is InChI=1S/C27H24N2O3/c1-28-16-22(18-8-5-7-11-23(18)28)27-20-10-6-4-9-19(20)26(30)29(27)13-12-17-14-24(31-2)25(32-3)15-21(17)27/h4-11,14-16H,12-13H2,1-3H3/t27-/m0/s1. The average Bonchev–Trinajstić information content (AvgIpc) is 3.31. The molecule has 2 aliphatic heterocycles. The molecule has 0 fully saturated rings. The second-order valence-electron chi connectivity index (χ2n) is 8.50. The van der Waals surface area contributed by atoms with Gasteiger partial charge in [0.2, 0.25) is 0 Å². The van der Waals surface area contributed by atoms with Crippen LogP contribution in [0, 0.1) is 0 Å². The number of ether oxygens (including phenoxy) is 2. The highest BCUT2D eigenvalue weighted by atomic mass is 16.5. The molecule has 5 heteroatoms. The molecule has 0 saturated carbocycles. The molecule has 4 aromatic rings. The summed E-state index contributed by atoms with van der Waals surface area (Å²) in [5, 5.41) is 1.15. The number of hydrogen-bond donors (Lipinski definition) is 0. The number of rotatable bonds is 3. The quantitative estimate of drug-likeness (QED) is 0.486. The van der Waals surface area contributed by atoms with Crippen LogP contribution in [-0.2, 0) is 19.0 Å². The molecule has 160 valence electrons. The first kappa shape index (κ1) is 19.0. The van der Waals surface area contributed by atoms with Gasteiger partial charge in [-0.25, -0.2) is 0 Å². The molecule has 32 heavy (non-hydrogen) atoms. The highest BCUT2D eigenvalue weighted by Crippen LogP contribution is 2.55. The Morgan fingerprint density at radius 3 is 2.41 bits per heavy atom. The highest BCUT2D eigenvalue weighted by molar-refractivity contribution is 6.03. The average molecular weight is 425 g/mol. The normalized spacial score (nSPS) is 19.0. The number of methoxy groups -OCH3 is 2. The maximum atomic E-state index is 13.7. The van der Waals surface area contributed by atoms with E-state index in [-0.39, 0.29) is 5.91 Å². The van der Waals surface area contributed by atoms with Crippen molar-refractivity contribution < 1.29 is 14.3 Å². The molecule has 0 unspecified atom stereocenters. The highest BCUT2D eigenvalue weighted by Gasteiger charge is 2.55. The topological polar surface area (TPSA) is 43.7 Å². The van der Waals surface area contributed by atoms with Gasteiger partial charge in [0, 0.05) is 41.8 Å². The first-order chi connectivity index (χ1) is 15.6. The van der Waals surface area contributed by atoms with Gasteiger partial charge in [0.25, 0.3) is 5.91 Å². The number of aromatic nitrogens is 1. The molecule has 5 nitrogen and oxygen atoms in total. The molecule has 2 aliphatic rings. The van der Waals surface area contributed by atoms with E-state index < -0.39 is 5.54 Å². The van der Waals surface area contributed by atoms with Gasteiger partial charge >= 0.3 is 0 Å². The summed E-state index contributed by atoms with van der Waals surface area (Å²) < 4.78 is 13.5. The van der Waals surface area contributed by atoms with Crippen molar-refractivity contribution in [3.8, 4) is 11.5 Å². The summed E-state index contributed by atoms with van der Waals surface area (Å²) in [5.74, 6) is 1.46. The van der Waals surface area contributed by atoms with E-state index in [0.29, 0.717) is 18.0 Å². The maximum Gasteiger partial charge on any atom is 0.255 e. The number of fused-ring (bicyclic) bond motifs is 6. The molecule has 0 spiro atoms. The Hall–Kier alpha value is -3.73. The fraction of sp³-hybridized carbons (Fsp3) is 0.222. The van der Waals surface area contributed by atoms with E-state index in [4.69, 9.17) is 9.47 Å². The van der Waals surface area contributed by atoms with Crippen molar-refractivity contribution in [3.05, 3.63) is 94.7 Å². The first-order valence-corrected chi connectivity index (χ1v) is 10.8. The minimum atomic E-state index is -0.721. The van der Waals surface area contributed by atoms with Crippen LogP contribution in [0.15, 0.2) is 66.9 Å². The van der Waals surface area contributed by atoms with Gasteiger partial charge < -0.3 is 18.9 Å². The van der Waals surface area contributed by atoms with E-state index in [9.17, 15) is 4.79 Å². The van der Waals surface area contributed by atoms with Crippen LogP contribution < -0.4 is 9.47 Å². The van der Waals surface area contributed by atoms with Crippen molar-refractivity contribution in [2.24, 2.45) is 7.05 Å².